The minimum atomic E-state index is -1.22. The number of carbonyl (C=O) groups excluding carboxylic acids is 1. The van der Waals surface area contributed by atoms with Gasteiger partial charge in [-0.1, -0.05) is 19.6 Å². The summed E-state index contributed by atoms with van der Waals surface area (Å²) in [6, 6.07) is 13.0. The molecular weight excluding hydrogens is 494 g/mol. The van der Waals surface area contributed by atoms with E-state index in [0.717, 1.165) is 12.1 Å². The first kappa shape index (κ1) is 27.6. The summed E-state index contributed by atoms with van der Waals surface area (Å²) in [7, 11) is 0.517. The van der Waals surface area contributed by atoms with Crippen LogP contribution in [0.1, 0.15) is 26.4 Å². The van der Waals surface area contributed by atoms with Gasteiger partial charge in [-0.2, -0.15) is 0 Å². The van der Waals surface area contributed by atoms with Gasteiger partial charge in [-0.3, -0.25) is 14.9 Å². The van der Waals surface area contributed by atoms with Crippen LogP contribution in [0, 0.1) is 17.0 Å². The smallest absolute Gasteiger partial charge is 0.336 e. The number of nitrogens with zero attached hydrogens (tertiary/aromatic N) is 2. The summed E-state index contributed by atoms with van der Waals surface area (Å²) in [5, 5.41) is 23.7. The average molecular weight is 526 g/mol. The molecule has 2 aromatic carbocycles. The highest BCUT2D eigenvalue weighted by Gasteiger charge is 2.23. The van der Waals surface area contributed by atoms with Crippen molar-refractivity contribution in [1.29, 1.82) is 0 Å². The van der Waals surface area contributed by atoms with Crippen LogP contribution >= 0.6 is 0 Å². The summed E-state index contributed by atoms with van der Waals surface area (Å²) < 4.78 is 12.8. The number of hydrogen-bond acceptors (Lipinski definition) is 6. The number of aromatic nitrogens is 1. The number of non-ortho nitro benzene ring substituents is 1. The number of carboxylic acid groups (broad SMARTS) is 1. The molecule has 0 unspecified atom stereocenters. The average Bonchev–Trinajstić information content (AvgIpc) is 3.13. The summed E-state index contributed by atoms with van der Waals surface area (Å²) >= 11 is 0. The van der Waals surface area contributed by atoms with Crippen LogP contribution < -0.4 is 10.1 Å². The Balaban J connectivity index is 1.73. The molecule has 2 N–H and O–H groups in total. The molecule has 0 radical (unpaired) electrons. The van der Waals surface area contributed by atoms with Crippen molar-refractivity contribution in [1.82, 2.24) is 4.57 Å². The number of ether oxygens (including phenoxy) is 2. The van der Waals surface area contributed by atoms with E-state index in [9.17, 15) is 24.8 Å². The molecular formula is C26H31N3O7Si. The van der Waals surface area contributed by atoms with Crippen molar-refractivity contribution >= 4 is 31.3 Å². The van der Waals surface area contributed by atoms with Gasteiger partial charge in [-0.25, -0.2) is 4.79 Å². The second-order valence-corrected chi connectivity index (χ2v) is 15.5. The first-order valence-electron chi connectivity index (χ1n) is 11.7. The zero-order chi connectivity index (χ0) is 27.3. The third-order valence-corrected chi connectivity index (χ3v) is 7.62. The van der Waals surface area contributed by atoms with E-state index >= 15 is 0 Å². The largest absolute Gasteiger partial charge is 0.478 e. The molecule has 0 bridgehead atoms. The van der Waals surface area contributed by atoms with Gasteiger partial charge in [0.05, 0.1) is 16.1 Å². The lowest BCUT2D eigenvalue weighted by Crippen LogP contribution is -2.22. The highest BCUT2D eigenvalue weighted by Crippen LogP contribution is 2.31. The van der Waals surface area contributed by atoms with Gasteiger partial charge >= 0.3 is 5.97 Å². The Labute approximate surface area is 216 Å². The Morgan fingerprint density at radius 1 is 1.08 bits per heavy atom. The first-order valence-corrected chi connectivity index (χ1v) is 15.4. The zero-order valence-corrected chi connectivity index (χ0v) is 22.5. The highest BCUT2D eigenvalue weighted by atomic mass is 28.3. The SMILES string of the molecule is Cc1c(C(=O)Nc2ccc(OCOCC[Si](C)(C)C)cc2)cc(-c2cc([N+](=O)[O-])ccc2C(=O)O)n1C. The Hall–Kier alpha value is -3.96. The zero-order valence-electron chi connectivity index (χ0n) is 21.5. The maximum absolute atomic E-state index is 13.0. The van der Waals surface area contributed by atoms with Crippen molar-refractivity contribution in [2.75, 3.05) is 18.7 Å². The van der Waals surface area contributed by atoms with Gasteiger partial charge < -0.3 is 24.5 Å². The van der Waals surface area contributed by atoms with Crippen molar-refractivity contribution in [3.05, 3.63) is 75.5 Å². The second-order valence-electron chi connectivity index (χ2n) is 9.84. The van der Waals surface area contributed by atoms with E-state index in [0.29, 0.717) is 35.0 Å². The molecule has 0 aliphatic carbocycles. The Kier molecular flexibility index (Phi) is 8.51. The van der Waals surface area contributed by atoms with Crippen molar-refractivity contribution in [3.63, 3.8) is 0 Å². The fourth-order valence-corrected chi connectivity index (χ4v) is 4.37. The van der Waals surface area contributed by atoms with Gasteiger partial charge in [0.1, 0.15) is 5.75 Å². The molecule has 1 amide bonds. The number of carbonyl (C=O) groups is 2. The van der Waals surface area contributed by atoms with E-state index in [2.05, 4.69) is 25.0 Å². The lowest BCUT2D eigenvalue weighted by atomic mass is 10.0. The van der Waals surface area contributed by atoms with E-state index < -0.39 is 24.9 Å². The minimum Gasteiger partial charge on any atom is -0.478 e. The van der Waals surface area contributed by atoms with Crippen LogP contribution in [-0.2, 0) is 11.8 Å². The summed E-state index contributed by atoms with van der Waals surface area (Å²) in [4.78, 5) is 35.4. The minimum absolute atomic E-state index is 0.0989. The molecule has 11 heteroatoms. The summed E-state index contributed by atoms with van der Waals surface area (Å²) in [5.41, 5.74) is 1.62. The van der Waals surface area contributed by atoms with Crippen molar-refractivity contribution in [2.45, 2.75) is 32.6 Å². The van der Waals surface area contributed by atoms with E-state index in [1.165, 1.54) is 18.2 Å². The third-order valence-electron chi connectivity index (χ3n) is 5.92. The van der Waals surface area contributed by atoms with Gasteiger partial charge in [-0.15, -0.1) is 0 Å². The number of benzene rings is 2. The quantitative estimate of drug-likeness (QED) is 0.110. The molecule has 196 valence electrons. The number of rotatable bonds is 11. The van der Waals surface area contributed by atoms with Crippen LogP contribution in [0.4, 0.5) is 11.4 Å². The van der Waals surface area contributed by atoms with Crippen molar-refractivity contribution in [3.8, 4) is 17.0 Å². The number of nitro groups is 1. The Morgan fingerprint density at radius 2 is 1.76 bits per heavy atom. The molecule has 3 aromatic rings. The maximum Gasteiger partial charge on any atom is 0.336 e. The predicted molar refractivity (Wildman–Crippen MR) is 143 cm³/mol. The molecule has 37 heavy (non-hydrogen) atoms. The van der Waals surface area contributed by atoms with E-state index in [-0.39, 0.29) is 23.6 Å². The van der Waals surface area contributed by atoms with Crippen LogP contribution in [0.3, 0.4) is 0 Å². The molecule has 0 saturated carbocycles. The standard InChI is InChI=1S/C26H31N3O7Si/c1-17-22(15-24(28(17)2)23-14-19(29(33)34)8-11-21(23)26(31)32)25(30)27-18-6-9-20(10-7-18)36-16-35-12-13-37(3,4)5/h6-11,14-15H,12-13,16H2,1-5H3,(H,27,30)(H,31,32). The summed E-state index contributed by atoms with van der Waals surface area (Å²) in [5.74, 6) is -1.01. The number of nitrogens with one attached hydrogen (secondary N) is 1. The van der Waals surface area contributed by atoms with Crippen LogP contribution in [0.15, 0.2) is 48.5 Å². The number of nitro benzene ring substituents is 1. The molecule has 0 aliphatic rings. The molecule has 0 fully saturated rings. The molecule has 10 nitrogen and oxygen atoms in total. The molecule has 0 atom stereocenters. The molecule has 0 spiro atoms. The molecule has 1 heterocycles. The Bertz CT molecular complexity index is 1310. The third kappa shape index (κ3) is 7.05. The van der Waals surface area contributed by atoms with Crippen molar-refractivity contribution in [2.24, 2.45) is 7.05 Å². The van der Waals surface area contributed by atoms with Gasteiger partial charge in [-0.05, 0) is 49.4 Å². The normalized spacial score (nSPS) is 11.3. The van der Waals surface area contributed by atoms with Gasteiger partial charge in [0.2, 0.25) is 0 Å². The fourth-order valence-electron chi connectivity index (χ4n) is 3.61. The topological polar surface area (TPSA) is 133 Å². The van der Waals surface area contributed by atoms with Crippen LogP contribution in [0.2, 0.25) is 25.7 Å². The van der Waals surface area contributed by atoms with Gasteiger partial charge in [0, 0.05) is 56.5 Å². The number of amides is 1. The molecule has 0 saturated heterocycles. The van der Waals surface area contributed by atoms with E-state index in [4.69, 9.17) is 9.47 Å². The van der Waals surface area contributed by atoms with Crippen molar-refractivity contribution < 1.29 is 29.1 Å². The van der Waals surface area contributed by atoms with E-state index in [1.54, 1.807) is 42.8 Å². The molecule has 1 aromatic heterocycles. The lowest BCUT2D eigenvalue weighted by molar-refractivity contribution is -0.384. The fraction of sp³-hybridized carbons (Fsp3) is 0.308. The van der Waals surface area contributed by atoms with Crippen LogP contribution in [0.25, 0.3) is 11.3 Å². The predicted octanol–water partition coefficient (Wildman–Crippen LogP) is 5.55. The number of anilines is 1. The molecule has 0 aliphatic heterocycles. The second kappa shape index (κ2) is 11.4. The number of aromatic carboxylic acids is 1. The highest BCUT2D eigenvalue weighted by molar-refractivity contribution is 6.76. The lowest BCUT2D eigenvalue weighted by Gasteiger charge is -2.15. The van der Waals surface area contributed by atoms with Gasteiger partial charge in [0.25, 0.3) is 11.6 Å². The van der Waals surface area contributed by atoms with E-state index in [1.807, 2.05) is 0 Å². The van der Waals surface area contributed by atoms with Crippen LogP contribution in [0.5, 0.6) is 5.75 Å². The summed E-state index contributed by atoms with van der Waals surface area (Å²) in [6.07, 6.45) is 0. The van der Waals surface area contributed by atoms with Crippen LogP contribution in [-0.4, -0.2) is 47.9 Å². The number of carboxylic acids is 1. The Morgan fingerprint density at radius 3 is 2.35 bits per heavy atom. The monoisotopic (exact) mass is 525 g/mol. The maximum atomic E-state index is 13.0. The molecule has 3 rings (SSSR count). The summed E-state index contributed by atoms with van der Waals surface area (Å²) in [6.45, 7) is 9.37. The number of hydrogen-bond donors (Lipinski definition) is 2. The first-order chi connectivity index (χ1) is 17.4. The van der Waals surface area contributed by atoms with Gasteiger partial charge in [0.15, 0.2) is 6.79 Å².